The summed E-state index contributed by atoms with van der Waals surface area (Å²) in [6, 6.07) is 0.800. The maximum atomic E-state index is 4.96. The smallest absolute Gasteiger partial charge is 0.194 e. The molecular formula is C17H25N5. The van der Waals surface area contributed by atoms with E-state index in [2.05, 4.69) is 41.3 Å². The zero-order valence-corrected chi connectivity index (χ0v) is 13.7. The first-order valence-corrected chi connectivity index (χ1v) is 8.41. The fourth-order valence-corrected chi connectivity index (χ4v) is 4.07. The maximum absolute atomic E-state index is 4.96. The highest BCUT2D eigenvalue weighted by atomic mass is 15.4. The molecule has 2 atom stereocenters. The third-order valence-electron chi connectivity index (χ3n) is 5.55. The normalized spacial score (nSPS) is 27.0. The van der Waals surface area contributed by atoms with E-state index in [0.717, 1.165) is 45.0 Å². The van der Waals surface area contributed by atoms with Crippen molar-refractivity contribution in [3.63, 3.8) is 0 Å². The Morgan fingerprint density at radius 3 is 2.91 bits per heavy atom. The van der Waals surface area contributed by atoms with E-state index in [0.29, 0.717) is 12.1 Å². The lowest BCUT2D eigenvalue weighted by Gasteiger charge is -2.43. The summed E-state index contributed by atoms with van der Waals surface area (Å²) in [6.45, 7) is 10.6. The number of fused-ring (bicyclic) bond motifs is 2. The molecule has 2 unspecified atom stereocenters. The third kappa shape index (κ3) is 2.02. The van der Waals surface area contributed by atoms with Crippen molar-refractivity contribution in [3.05, 3.63) is 28.1 Å². The molecule has 1 aromatic heterocycles. The van der Waals surface area contributed by atoms with Crippen LogP contribution in [0.2, 0.25) is 0 Å². The molecule has 2 N–H and O–H groups in total. The average Bonchev–Trinajstić information content (AvgIpc) is 2.96. The number of pyridine rings is 1. The quantitative estimate of drug-likeness (QED) is 0.826. The van der Waals surface area contributed by atoms with Crippen molar-refractivity contribution >= 4 is 5.96 Å². The Labute approximate surface area is 132 Å². The molecule has 3 aliphatic rings. The molecule has 118 valence electrons. The number of aromatic nitrogens is 1. The van der Waals surface area contributed by atoms with Gasteiger partial charge in [0, 0.05) is 31.9 Å². The number of hydrogen-bond acceptors (Lipinski definition) is 5. The molecule has 0 saturated carbocycles. The number of aryl methyl sites for hydroxylation is 1. The summed E-state index contributed by atoms with van der Waals surface area (Å²) in [5, 5.41) is 7.19. The summed E-state index contributed by atoms with van der Waals surface area (Å²) >= 11 is 0. The van der Waals surface area contributed by atoms with Crippen molar-refractivity contribution in [1.29, 1.82) is 0 Å². The minimum Gasteiger partial charge on any atom is -0.356 e. The Balaban J connectivity index is 1.71. The zero-order valence-electron chi connectivity index (χ0n) is 13.7. The van der Waals surface area contributed by atoms with Crippen molar-refractivity contribution < 1.29 is 0 Å². The molecule has 0 aliphatic carbocycles. The van der Waals surface area contributed by atoms with Crippen molar-refractivity contribution in [2.75, 3.05) is 19.6 Å². The highest BCUT2D eigenvalue weighted by Crippen LogP contribution is 2.35. The first-order valence-electron chi connectivity index (χ1n) is 8.41. The molecule has 22 heavy (non-hydrogen) atoms. The molecule has 4 rings (SSSR count). The van der Waals surface area contributed by atoms with Gasteiger partial charge in [0.15, 0.2) is 5.96 Å². The summed E-state index contributed by atoms with van der Waals surface area (Å²) in [6.07, 6.45) is 2.30. The second kappa shape index (κ2) is 5.23. The lowest BCUT2D eigenvalue weighted by atomic mass is 9.94. The molecule has 5 heteroatoms. The van der Waals surface area contributed by atoms with Gasteiger partial charge in [0.2, 0.25) is 0 Å². The summed E-state index contributed by atoms with van der Waals surface area (Å²) < 4.78 is 0. The van der Waals surface area contributed by atoms with Gasteiger partial charge in [-0.1, -0.05) is 0 Å². The van der Waals surface area contributed by atoms with E-state index in [-0.39, 0.29) is 0 Å². The van der Waals surface area contributed by atoms with Gasteiger partial charge in [-0.05, 0) is 50.3 Å². The van der Waals surface area contributed by atoms with Gasteiger partial charge < -0.3 is 15.5 Å². The second-order valence-electron chi connectivity index (χ2n) is 6.70. The number of nitrogens with zero attached hydrogens (tertiary/aromatic N) is 3. The van der Waals surface area contributed by atoms with Crippen molar-refractivity contribution in [3.8, 4) is 0 Å². The van der Waals surface area contributed by atoms with E-state index in [4.69, 9.17) is 4.98 Å². The molecular weight excluding hydrogens is 274 g/mol. The van der Waals surface area contributed by atoms with Crippen LogP contribution in [0.5, 0.6) is 0 Å². The first kappa shape index (κ1) is 14.0. The van der Waals surface area contributed by atoms with Gasteiger partial charge in [-0.2, -0.15) is 0 Å². The number of hydrogen-bond donors (Lipinski definition) is 2. The van der Waals surface area contributed by atoms with Gasteiger partial charge in [-0.25, -0.2) is 0 Å². The molecule has 1 saturated heterocycles. The Morgan fingerprint density at radius 1 is 1.18 bits per heavy atom. The molecule has 0 spiro atoms. The van der Waals surface area contributed by atoms with E-state index in [1.165, 1.54) is 28.1 Å². The van der Waals surface area contributed by atoms with E-state index in [9.17, 15) is 0 Å². The monoisotopic (exact) mass is 299 g/mol. The van der Waals surface area contributed by atoms with Crippen molar-refractivity contribution in [2.45, 2.75) is 52.2 Å². The van der Waals surface area contributed by atoms with Crippen LogP contribution < -0.4 is 10.6 Å². The Morgan fingerprint density at radius 2 is 2.05 bits per heavy atom. The standard InChI is InChI=1S/C17H25N5/c1-10-11(2)13-9-20-16(15(13)21-12(10)3)14-5-7-19-17-18-6-4-8-22(14)17/h14,16,20H,4-9H2,1-3H3,(H,18,19). The van der Waals surface area contributed by atoms with Crippen LogP contribution in [0.25, 0.3) is 0 Å². The Hall–Kier alpha value is -1.62. The lowest BCUT2D eigenvalue weighted by Crippen LogP contribution is -2.58. The molecule has 0 bridgehead atoms. The van der Waals surface area contributed by atoms with Crippen molar-refractivity contribution in [2.24, 2.45) is 4.99 Å². The predicted octanol–water partition coefficient (Wildman–Crippen LogP) is 1.57. The molecule has 3 aliphatic heterocycles. The van der Waals surface area contributed by atoms with Gasteiger partial charge in [-0.15, -0.1) is 0 Å². The fourth-order valence-electron chi connectivity index (χ4n) is 4.07. The third-order valence-corrected chi connectivity index (χ3v) is 5.55. The molecule has 0 radical (unpaired) electrons. The van der Waals surface area contributed by atoms with Gasteiger partial charge in [0.1, 0.15) is 0 Å². The van der Waals surface area contributed by atoms with Crippen molar-refractivity contribution in [1.82, 2.24) is 20.5 Å². The largest absolute Gasteiger partial charge is 0.356 e. The van der Waals surface area contributed by atoms with E-state index < -0.39 is 0 Å². The topological polar surface area (TPSA) is 52.6 Å². The first-order chi connectivity index (χ1) is 10.7. The van der Waals surface area contributed by atoms with Gasteiger partial charge in [0.25, 0.3) is 0 Å². The minimum atomic E-state index is 0.332. The molecule has 1 aromatic rings. The van der Waals surface area contributed by atoms with Crippen LogP contribution in [-0.2, 0) is 6.54 Å². The fraction of sp³-hybridized carbons (Fsp3) is 0.647. The van der Waals surface area contributed by atoms with Gasteiger partial charge in [0.05, 0.1) is 17.8 Å². The SMILES string of the molecule is Cc1nc2c(c(C)c1C)CNC2C1CCNC2=NCCCN21. The maximum Gasteiger partial charge on any atom is 0.194 e. The van der Waals surface area contributed by atoms with Crippen LogP contribution in [0, 0.1) is 20.8 Å². The van der Waals surface area contributed by atoms with Crippen LogP contribution in [0.4, 0.5) is 0 Å². The molecule has 0 amide bonds. The zero-order chi connectivity index (χ0) is 15.3. The molecule has 4 heterocycles. The number of nitrogens with one attached hydrogen (secondary N) is 2. The van der Waals surface area contributed by atoms with Crippen LogP contribution in [0.3, 0.4) is 0 Å². The van der Waals surface area contributed by atoms with E-state index in [1.54, 1.807) is 0 Å². The highest BCUT2D eigenvalue weighted by molar-refractivity contribution is 5.81. The molecule has 5 nitrogen and oxygen atoms in total. The average molecular weight is 299 g/mol. The number of guanidine groups is 1. The summed E-state index contributed by atoms with van der Waals surface area (Å²) in [5.74, 6) is 1.10. The second-order valence-corrected chi connectivity index (χ2v) is 6.70. The van der Waals surface area contributed by atoms with Crippen LogP contribution >= 0.6 is 0 Å². The van der Waals surface area contributed by atoms with Gasteiger partial charge in [-0.3, -0.25) is 9.98 Å². The summed E-state index contributed by atoms with van der Waals surface area (Å²) in [5.41, 5.74) is 6.62. The van der Waals surface area contributed by atoms with Gasteiger partial charge >= 0.3 is 0 Å². The summed E-state index contributed by atoms with van der Waals surface area (Å²) in [4.78, 5) is 12.1. The lowest BCUT2D eigenvalue weighted by molar-refractivity contribution is 0.202. The Kier molecular flexibility index (Phi) is 3.33. The Bertz CT molecular complexity index is 636. The van der Waals surface area contributed by atoms with Crippen LogP contribution in [0.1, 0.15) is 47.0 Å². The number of aliphatic imine (C=N–C) groups is 1. The molecule has 1 fully saturated rings. The van der Waals surface area contributed by atoms with Crippen LogP contribution in [0.15, 0.2) is 4.99 Å². The van der Waals surface area contributed by atoms with E-state index in [1.807, 2.05) is 0 Å². The number of rotatable bonds is 1. The van der Waals surface area contributed by atoms with E-state index >= 15 is 0 Å². The van der Waals surface area contributed by atoms with Crippen LogP contribution in [-0.4, -0.2) is 41.5 Å². The highest BCUT2D eigenvalue weighted by Gasteiger charge is 2.39. The summed E-state index contributed by atoms with van der Waals surface area (Å²) in [7, 11) is 0. The molecule has 0 aromatic carbocycles. The predicted molar refractivity (Wildman–Crippen MR) is 88.1 cm³/mol. The minimum absolute atomic E-state index is 0.332.